The first-order chi connectivity index (χ1) is 10.3. The van der Waals surface area contributed by atoms with E-state index in [0.29, 0.717) is 0 Å². The van der Waals surface area contributed by atoms with Crippen molar-refractivity contribution < 1.29 is 19.2 Å². The van der Waals surface area contributed by atoms with Crippen molar-refractivity contribution in [3.63, 3.8) is 0 Å². The molecule has 0 spiro atoms. The van der Waals surface area contributed by atoms with Gasteiger partial charge in [0.05, 0.1) is 19.6 Å². The lowest BCUT2D eigenvalue weighted by Gasteiger charge is -2.19. The molecule has 0 aromatic heterocycles. The van der Waals surface area contributed by atoms with Crippen molar-refractivity contribution in [2.75, 3.05) is 19.6 Å². The molecule has 0 radical (unpaired) electrons. The van der Waals surface area contributed by atoms with Crippen molar-refractivity contribution in [1.82, 2.24) is 16.0 Å². The highest BCUT2D eigenvalue weighted by atomic mass is 16.2. The van der Waals surface area contributed by atoms with E-state index in [1.165, 1.54) is 0 Å². The Kier molecular flexibility index (Phi) is 5.92. The van der Waals surface area contributed by atoms with Crippen molar-refractivity contribution in [2.45, 2.75) is 25.0 Å². The Morgan fingerprint density at radius 3 is 2.23 bits per heavy atom. The van der Waals surface area contributed by atoms with E-state index in [2.05, 4.69) is 26.2 Å². The van der Waals surface area contributed by atoms with Crippen molar-refractivity contribution in [3.05, 3.63) is 0 Å². The Labute approximate surface area is 126 Å². The van der Waals surface area contributed by atoms with E-state index < -0.39 is 35.3 Å². The van der Waals surface area contributed by atoms with Gasteiger partial charge in [-0.05, 0) is 6.92 Å². The molecule has 122 valence electrons. The second-order valence-corrected chi connectivity index (χ2v) is 4.91. The minimum Gasteiger partial charge on any atom is -0.368 e. The first-order valence-electron chi connectivity index (χ1n) is 6.52. The van der Waals surface area contributed by atoms with Crippen LogP contribution in [0.4, 0.5) is 0 Å². The van der Waals surface area contributed by atoms with Gasteiger partial charge in [0, 0.05) is 6.42 Å². The van der Waals surface area contributed by atoms with Gasteiger partial charge in [-0.2, -0.15) is 10.2 Å². The fourth-order valence-corrected chi connectivity index (χ4v) is 1.56. The van der Waals surface area contributed by atoms with Crippen LogP contribution in [0.3, 0.4) is 0 Å². The SMILES string of the molecule is CC1(C[C@H](NC(=O)CN)C(=O)NCC(=O)NCC(N)=O)N=N1. The van der Waals surface area contributed by atoms with Crippen molar-refractivity contribution >= 4 is 23.6 Å². The molecule has 0 fully saturated rings. The first kappa shape index (κ1) is 17.5. The highest BCUT2D eigenvalue weighted by Crippen LogP contribution is 2.32. The van der Waals surface area contributed by atoms with Crippen LogP contribution in [0.5, 0.6) is 0 Å². The Morgan fingerprint density at radius 2 is 1.73 bits per heavy atom. The lowest BCUT2D eigenvalue weighted by molar-refractivity contribution is -0.130. The Bertz CT molecular complexity index is 499. The molecule has 0 aromatic rings. The summed E-state index contributed by atoms with van der Waals surface area (Å²) in [5, 5.41) is 14.5. The molecule has 0 saturated heterocycles. The maximum absolute atomic E-state index is 12.0. The monoisotopic (exact) mass is 313 g/mol. The zero-order valence-electron chi connectivity index (χ0n) is 12.1. The van der Waals surface area contributed by atoms with Crippen molar-refractivity contribution in [1.29, 1.82) is 0 Å². The summed E-state index contributed by atoms with van der Waals surface area (Å²) in [4.78, 5) is 45.2. The highest BCUT2D eigenvalue weighted by Gasteiger charge is 2.39. The Balaban J connectivity index is 2.46. The molecule has 0 unspecified atom stereocenters. The van der Waals surface area contributed by atoms with Crippen LogP contribution in [0.15, 0.2) is 10.2 Å². The molecule has 7 N–H and O–H groups in total. The molecule has 1 aliphatic rings. The van der Waals surface area contributed by atoms with E-state index in [1.54, 1.807) is 6.92 Å². The molecular weight excluding hydrogens is 294 g/mol. The van der Waals surface area contributed by atoms with Crippen LogP contribution >= 0.6 is 0 Å². The number of nitrogens with two attached hydrogens (primary N) is 2. The van der Waals surface area contributed by atoms with Gasteiger partial charge in [-0.3, -0.25) is 19.2 Å². The molecule has 4 amide bonds. The summed E-state index contributed by atoms with van der Waals surface area (Å²) in [6, 6.07) is -0.917. The third-order valence-electron chi connectivity index (χ3n) is 2.75. The first-order valence-corrected chi connectivity index (χ1v) is 6.52. The molecular formula is C11H19N7O4. The van der Waals surface area contributed by atoms with E-state index in [1.807, 2.05) is 0 Å². The Hall–Kier alpha value is -2.56. The average molecular weight is 313 g/mol. The van der Waals surface area contributed by atoms with E-state index in [-0.39, 0.29) is 26.1 Å². The summed E-state index contributed by atoms with van der Waals surface area (Å²) in [7, 11) is 0. The standard InChI is InChI=1S/C11H19N7O4/c1-11(17-18-11)2-6(16-8(20)3-12)10(22)15-5-9(21)14-4-7(13)19/h6H,2-5,12H2,1H3,(H2,13,19)(H,14,21)(H,15,22)(H,16,20)/t6-/m0/s1. The number of hydrogen-bond donors (Lipinski definition) is 5. The van der Waals surface area contributed by atoms with Crippen LogP contribution in [0.2, 0.25) is 0 Å². The highest BCUT2D eigenvalue weighted by molar-refractivity contribution is 5.91. The van der Waals surface area contributed by atoms with E-state index in [4.69, 9.17) is 11.5 Å². The van der Waals surface area contributed by atoms with Crippen LogP contribution < -0.4 is 27.4 Å². The van der Waals surface area contributed by atoms with Gasteiger partial charge < -0.3 is 27.4 Å². The maximum Gasteiger partial charge on any atom is 0.243 e. The van der Waals surface area contributed by atoms with Gasteiger partial charge in [-0.25, -0.2) is 0 Å². The molecule has 22 heavy (non-hydrogen) atoms. The molecule has 0 aliphatic carbocycles. The molecule has 1 atom stereocenters. The number of rotatable bonds is 9. The number of carbonyl (C=O) groups is 4. The summed E-state index contributed by atoms with van der Waals surface area (Å²) in [6.07, 6.45) is 0.160. The molecule has 11 heteroatoms. The van der Waals surface area contributed by atoms with Crippen LogP contribution in [0.25, 0.3) is 0 Å². The number of primary amides is 1. The van der Waals surface area contributed by atoms with E-state index in [0.717, 1.165) is 0 Å². The van der Waals surface area contributed by atoms with Crippen molar-refractivity contribution in [3.8, 4) is 0 Å². The number of carbonyl (C=O) groups excluding carboxylic acids is 4. The molecule has 1 rings (SSSR count). The van der Waals surface area contributed by atoms with E-state index in [9.17, 15) is 19.2 Å². The van der Waals surface area contributed by atoms with Crippen molar-refractivity contribution in [2.24, 2.45) is 21.7 Å². The molecule has 1 heterocycles. The maximum atomic E-state index is 12.0. The fourth-order valence-electron chi connectivity index (χ4n) is 1.56. The predicted octanol–water partition coefficient (Wildman–Crippen LogP) is -3.28. The largest absolute Gasteiger partial charge is 0.368 e. The summed E-state index contributed by atoms with van der Waals surface area (Å²) in [5.74, 6) is -2.36. The lowest BCUT2D eigenvalue weighted by Crippen LogP contribution is -2.51. The number of nitrogens with one attached hydrogen (secondary N) is 3. The number of hydrogen-bond acceptors (Lipinski definition) is 7. The molecule has 0 aromatic carbocycles. The normalized spacial score (nSPS) is 15.5. The Morgan fingerprint density at radius 1 is 1.09 bits per heavy atom. The molecule has 11 nitrogen and oxygen atoms in total. The van der Waals surface area contributed by atoms with Gasteiger partial charge in [-0.1, -0.05) is 0 Å². The minimum absolute atomic E-state index is 0.160. The smallest absolute Gasteiger partial charge is 0.243 e. The second kappa shape index (κ2) is 7.45. The van der Waals surface area contributed by atoms with Gasteiger partial charge in [0.25, 0.3) is 0 Å². The molecule has 0 saturated carbocycles. The minimum atomic E-state index is -0.917. The fraction of sp³-hybridized carbons (Fsp3) is 0.636. The van der Waals surface area contributed by atoms with Crippen LogP contribution in [0.1, 0.15) is 13.3 Å². The average Bonchev–Trinajstić information content (AvgIpc) is 3.18. The van der Waals surface area contributed by atoms with E-state index >= 15 is 0 Å². The number of amides is 4. The molecule has 0 bridgehead atoms. The quantitative estimate of drug-likeness (QED) is 0.298. The van der Waals surface area contributed by atoms with Gasteiger partial charge in [0.1, 0.15) is 6.04 Å². The van der Waals surface area contributed by atoms with Gasteiger partial charge >= 0.3 is 0 Å². The third-order valence-corrected chi connectivity index (χ3v) is 2.75. The number of nitrogens with zero attached hydrogens (tertiary/aromatic N) is 2. The van der Waals surface area contributed by atoms with Gasteiger partial charge in [-0.15, -0.1) is 0 Å². The predicted molar refractivity (Wildman–Crippen MR) is 74.1 cm³/mol. The van der Waals surface area contributed by atoms with Crippen LogP contribution in [-0.4, -0.2) is 55.0 Å². The third kappa shape index (κ3) is 6.26. The lowest BCUT2D eigenvalue weighted by atomic mass is 10.0. The summed E-state index contributed by atoms with van der Waals surface area (Å²) >= 11 is 0. The van der Waals surface area contributed by atoms with Gasteiger partial charge in [0.15, 0.2) is 5.66 Å². The summed E-state index contributed by atoms with van der Waals surface area (Å²) in [5.41, 5.74) is 9.35. The second-order valence-electron chi connectivity index (χ2n) is 4.91. The molecule has 1 aliphatic heterocycles. The van der Waals surface area contributed by atoms with Crippen LogP contribution in [-0.2, 0) is 19.2 Å². The zero-order valence-corrected chi connectivity index (χ0v) is 12.1. The topological polar surface area (TPSA) is 181 Å². The van der Waals surface area contributed by atoms with Gasteiger partial charge in [0.2, 0.25) is 23.6 Å². The summed E-state index contributed by atoms with van der Waals surface area (Å²) in [6.45, 7) is 0.749. The summed E-state index contributed by atoms with van der Waals surface area (Å²) < 4.78 is 0. The zero-order chi connectivity index (χ0) is 16.8. The van der Waals surface area contributed by atoms with Crippen LogP contribution in [0, 0.1) is 0 Å².